The van der Waals surface area contributed by atoms with E-state index in [1.54, 1.807) is 13.0 Å². The normalized spacial score (nSPS) is 15.4. The zero-order valence-electron chi connectivity index (χ0n) is 15.9. The molecule has 1 saturated heterocycles. The zero-order chi connectivity index (χ0) is 20.4. The fraction of sp³-hybridized carbons (Fsp3) is 0.350. The fourth-order valence-corrected chi connectivity index (χ4v) is 3.65. The van der Waals surface area contributed by atoms with Crippen molar-refractivity contribution >= 4 is 34.4 Å². The van der Waals surface area contributed by atoms with Gasteiger partial charge in [-0.25, -0.2) is 9.97 Å². The van der Waals surface area contributed by atoms with Crippen LogP contribution in [0.5, 0.6) is 0 Å². The Morgan fingerprint density at radius 1 is 1.28 bits per heavy atom. The molecule has 3 aromatic rings. The van der Waals surface area contributed by atoms with Crippen LogP contribution >= 0.6 is 11.6 Å². The van der Waals surface area contributed by atoms with Crippen molar-refractivity contribution < 1.29 is 9.53 Å². The number of anilines is 1. The maximum Gasteiger partial charge on any atom is 0.289 e. The van der Waals surface area contributed by atoms with Crippen molar-refractivity contribution in [2.45, 2.75) is 13.3 Å². The molecule has 1 amide bonds. The molecule has 9 heteroatoms. The topological polar surface area (TPSA) is 101 Å². The molecule has 1 aliphatic heterocycles. The lowest BCUT2D eigenvalue weighted by Gasteiger charge is -2.28. The average molecular weight is 414 g/mol. The molecule has 1 unspecified atom stereocenters. The smallest absolute Gasteiger partial charge is 0.289 e. The number of hydrogen-bond acceptors (Lipinski definition) is 6. The van der Waals surface area contributed by atoms with Crippen LogP contribution in [0.4, 0.5) is 5.69 Å². The molecule has 4 rings (SSSR count). The first-order valence-electron chi connectivity index (χ1n) is 9.40. The summed E-state index contributed by atoms with van der Waals surface area (Å²) in [5, 5.41) is 2.97. The van der Waals surface area contributed by atoms with Gasteiger partial charge in [-0.05, 0) is 18.2 Å². The van der Waals surface area contributed by atoms with Crippen LogP contribution in [0.1, 0.15) is 12.7 Å². The number of aromatic amines is 1. The lowest BCUT2D eigenvalue weighted by molar-refractivity contribution is -0.121. The molecule has 1 aliphatic rings. The number of pyridine rings is 1. The maximum atomic E-state index is 11.4. The summed E-state index contributed by atoms with van der Waals surface area (Å²) in [6.07, 6.45) is 0.280. The van der Waals surface area contributed by atoms with E-state index in [4.69, 9.17) is 16.3 Å². The summed E-state index contributed by atoms with van der Waals surface area (Å²) in [6.45, 7) is 4.86. The number of morpholine rings is 1. The van der Waals surface area contributed by atoms with Crippen LogP contribution in [0.15, 0.2) is 35.5 Å². The van der Waals surface area contributed by atoms with E-state index in [-0.39, 0.29) is 6.42 Å². The molecule has 0 saturated carbocycles. The standard InChI is InChI=1S/C20H20ClN5O3/c1-12(20(27)25-28)10-17-22-16-11-15(21)18(24-19(16)23-17)13-2-4-14(5-3-13)26-6-8-29-9-7-26/h2-5,11-12H,6-10H2,1H3,(H,22,23,24). The lowest BCUT2D eigenvalue weighted by atomic mass is 10.1. The predicted octanol–water partition coefficient (Wildman–Crippen LogP) is 3.59. The van der Waals surface area contributed by atoms with Gasteiger partial charge in [-0.15, -0.1) is 4.91 Å². The van der Waals surface area contributed by atoms with Crippen molar-refractivity contribution in [3.05, 3.63) is 46.1 Å². The fourth-order valence-electron chi connectivity index (χ4n) is 3.39. The van der Waals surface area contributed by atoms with Gasteiger partial charge < -0.3 is 14.6 Å². The number of imidazole rings is 1. The van der Waals surface area contributed by atoms with Gasteiger partial charge in [0.1, 0.15) is 5.82 Å². The number of amides is 1. The number of carbonyl (C=O) groups is 1. The molecule has 1 N–H and O–H groups in total. The molecule has 8 nitrogen and oxygen atoms in total. The summed E-state index contributed by atoms with van der Waals surface area (Å²) < 4.78 is 5.40. The molecule has 0 bridgehead atoms. The number of aromatic nitrogens is 3. The highest BCUT2D eigenvalue weighted by Gasteiger charge is 2.18. The minimum absolute atomic E-state index is 0.280. The van der Waals surface area contributed by atoms with Crippen molar-refractivity contribution in [1.29, 1.82) is 0 Å². The number of nitrogens with zero attached hydrogens (tertiary/aromatic N) is 4. The molecule has 1 atom stereocenters. The summed E-state index contributed by atoms with van der Waals surface area (Å²) in [7, 11) is 0. The van der Waals surface area contributed by atoms with Crippen LogP contribution in [0.3, 0.4) is 0 Å². The van der Waals surface area contributed by atoms with Crippen LogP contribution in [0.25, 0.3) is 22.4 Å². The molecular weight excluding hydrogens is 394 g/mol. The summed E-state index contributed by atoms with van der Waals surface area (Å²) >= 11 is 6.47. The van der Waals surface area contributed by atoms with Gasteiger partial charge in [-0.3, -0.25) is 4.79 Å². The number of fused-ring (bicyclic) bond motifs is 1. The molecule has 0 radical (unpaired) electrons. The first-order valence-corrected chi connectivity index (χ1v) is 9.78. The van der Waals surface area contributed by atoms with E-state index in [0.29, 0.717) is 27.7 Å². The summed E-state index contributed by atoms with van der Waals surface area (Å²) in [4.78, 5) is 36.2. The number of nitrogens with one attached hydrogen (secondary N) is 1. The van der Waals surface area contributed by atoms with E-state index in [2.05, 4.69) is 37.2 Å². The second-order valence-corrected chi connectivity index (χ2v) is 7.46. The Kier molecular flexibility index (Phi) is 5.55. The van der Waals surface area contributed by atoms with Gasteiger partial charge in [0.05, 0.1) is 29.4 Å². The number of hydrogen-bond donors (Lipinski definition) is 1. The third-order valence-electron chi connectivity index (χ3n) is 5.00. The summed E-state index contributed by atoms with van der Waals surface area (Å²) in [5.41, 5.74) is 3.86. The number of rotatable bonds is 5. The number of nitroso groups, excluding NO2 is 1. The quantitative estimate of drug-likeness (QED) is 0.641. The summed E-state index contributed by atoms with van der Waals surface area (Å²) in [5.74, 6) is -0.680. The molecule has 0 aliphatic carbocycles. The van der Waals surface area contributed by atoms with Crippen LogP contribution in [0.2, 0.25) is 5.02 Å². The number of ether oxygens (including phenoxy) is 1. The van der Waals surface area contributed by atoms with Crippen molar-refractivity contribution in [1.82, 2.24) is 15.0 Å². The lowest BCUT2D eigenvalue weighted by Crippen LogP contribution is -2.36. The maximum absolute atomic E-state index is 11.4. The number of H-pyrrole nitrogens is 1. The number of halogens is 1. The van der Waals surface area contributed by atoms with Gasteiger partial charge in [0.25, 0.3) is 5.91 Å². The van der Waals surface area contributed by atoms with Crippen LogP contribution in [0, 0.1) is 10.8 Å². The zero-order valence-corrected chi connectivity index (χ0v) is 16.6. The van der Waals surface area contributed by atoms with E-state index in [1.807, 2.05) is 12.1 Å². The van der Waals surface area contributed by atoms with Gasteiger partial charge in [0.2, 0.25) is 0 Å². The molecule has 1 fully saturated rings. The molecular formula is C20H20ClN5O3. The van der Waals surface area contributed by atoms with E-state index in [0.717, 1.165) is 37.6 Å². The van der Waals surface area contributed by atoms with E-state index in [9.17, 15) is 9.70 Å². The predicted molar refractivity (Wildman–Crippen MR) is 111 cm³/mol. The highest BCUT2D eigenvalue weighted by molar-refractivity contribution is 6.33. The Morgan fingerprint density at radius 2 is 2.00 bits per heavy atom. The highest BCUT2D eigenvalue weighted by Crippen LogP contribution is 2.30. The molecule has 2 aromatic heterocycles. The van der Waals surface area contributed by atoms with Crippen LogP contribution < -0.4 is 4.90 Å². The third-order valence-corrected chi connectivity index (χ3v) is 5.29. The van der Waals surface area contributed by atoms with Crippen LogP contribution in [-0.2, 0) is 16.0 Å². The largest absolute Gasteiger partial charge is 0.378 e. The Labute approximate surface area is 172 Å². The summed E-state index contributed by atoms with van der Waals surface area (Å²) in [6, 6.07) is 9.87. The molecule has 29 heavy (non-hydrogen) atoms. The number of benzene rings is 1. The van der Waals surface area contributed by atoms with Crippen molar-refractivity contribution in [2.24, 2.45) is 11.1 Å². The van der Waals surface area contributed by atoms with Gasteiger partial charge in [-0.2, -0.15) is 0 Å². The molecule has 0 spiro atoms. The Morgan fingerprint density at radius 3 is 2.69 bits per heavy atom. The molecule has 3 heterocycles. The molecule has 150 valence electrons. The van der Waals surface area contributed by atoms with E-state index < -0.39 is 11.8 Å². The van der Waals surface area contributed by atoms with Gasteiger partial charge in [0, 0.05) is 41.9 Å². The number of carbonyl (C=O) groups excluding carboxylic acids is 1. The Hall–Kier alpha value is -2.84. The van der Waals surface area contributed by atoms with Gasteiger partial charge in [0.15, 0.2) is 5.65 Å². The van der Waals surface area contributed by atoms with Crippen molar-refractivity contribution in [3.63, 3.8) is 0 Å². The van der Waals surface area contributed by atoms with Gasteiger partial charge >= 0.3 is 0 Å². The van der Waals surface area contributed by atoms with Crippen LogP contribution in [-0.4, -0.2) is 47.2 Å². The van der Waals surface area contributed by atoms with Gasteiger partial charge in [-0.1, -0.05) is 30.7 Å². The second-order valence-electron chi connectivity index (χ2n) is 7.05. The second kappa shape index (κ2) is 8.26. The third kappa shape index (κ3) is 4.13. The average Bonchev–Trinajstić information content (AvgIpc) is 3.14. The van der Waals surface area contributed by atoms with E-state index in [1.165, 1.54) is 0 Å². The Balaban J connectivity index is 1.59. The molecule has 1 aromatic carbocycles. The first-order chi connectivity index (χ1) is 14.0. The minimum Gasteiger partial charge on any atom is -0.378 e. The van der Waals surface area contributed by atoms with Crippen molar-refractivity contribution in [3.8, 4) is 11.3 Å². The first kappa shape index (κ1) is 19.5. The SMILES string of the molecule is CC(Cc1nc2nc(-c3ccc(N4CCOCC4)cc3)c(Cl)cc2[nH]1)C(=O)N=O. The highest BCUT2D eigenvalue weighted by atomic mass is 35.5. The van der Waals surface area contributed by atoms with Crippen molar-refractivity contribution in [2.75, 3.05) is 31.2 Å². The Bertz CT molecular complexity index is 1040. The van der Waals surface area contributed by atoms with E-state index >= 15 is 0 Å². The monoisotopic (exact) mass is 413 g/mol. The minimum atomic E-state index is -0.697.